The number of aliphatic imine (C=N–C) groups is 1. The van der Waals surface area contributed by atoms with Crippen molar-refractivity contribution in [2.45, 2.75) is 19.1 Å². The second-order valence-electron chi connectivity index (χ2n) is 4.10. The van der Waals surface area contributed by atoms with Crippen LogP contribution in [0.2, 0.25) is 0 Å². The van der Waals surface area contributed by atoms with Crippen molar-refractivity contribution < 1.29 is 18.1 Å². The summed E-state index contributed by atoms with van der Waals surface area (Å²) in [6.07, 6.45) is -5.23. The molecule has 0 saturated heterocycles. The Morgan fingerprint density at radius 1 is 1.33 bits per heavy atom. The lowest BCUT2D eigenvalue weighted by Gasteiger charge is -2.13. The zero-order valence-electron chi connectivity index (χ0n) is 11.3. The molecule has 0 bridgehead atoms. The third-order valence-electron chi connectivity index (χ3n) is 2.56. The van der Waals surface area contributed by atoms with Crippen LogP contribution < -0.4 is 10.6 Å². The third-order valence-corrected chi connectivity index (χ3v) is 2.56. The molecule has 21 heavy (non-hydrogen) atoms. The van der Waals surface area contributed by atoms with Crippen molar-refractivity contribution in [2.24, 2.45) is 4.99 Å². The predicted octanol–water partition coefficient (Wildman–Crippen LogP) is 2.21. The number of hydrogen-bond acceptors (Lipinski definition) is 3. The minimum atomic E-state index is -4.25. The summed E-state index contributed by atoms with van der Waals surface area (Å²) in [6.45, 7) is -0.233. The Balaban J connectivity index is 2.55. The summed E-state index contributed by atoms with van der Waals surface area (Å²) in [6, 6.07) is 6.10. The van der Waals surface area contributed by atoms with Gasteiger partial charge < -0.3 is 10.6 Å². The van der Waals surface area contributed by atoms with E-state index in [9.17, 15) is 23.3 Å². The Hall–Kier alpha value is -2.32. The Bertz CT molecular complexity index is 517. The first-order valence-corrected chi connectivity index (χ1v) is 6.07. The molecular weight excluding hydrogens is 289 g/mol. The molecule has 0 saturated carbocycles. The lowest BCUT2D eigenvalue weighted by molar-refractivity contribution is -0.385. The molecule has 0 fully saturated rings. The molecule has 0 atom stereocenters. The van der Waals surface area contributed by atoms with Crippen LogP contribution in [0.5, 0.6) is 0 Å². The summed E-state index contributed by atoms with van der Waals surface area (Å²) in [7, 11) is 1.41. The first-order valence-electron chi connectivity index (χ1n) is 6.07. The quantitative estimate of drug-likeness (QED) is 0.378. The number of nitrogens with zero attached hydrogens (tertiary/aromatic N) is 2. The van der Waals surface area contributed by atoms with E-state index in [1.54, 1.807) is 12.1 Å². The molecule has 0 unspecified atom stereocenters. The minimum Gasteiger partial charge on any atom is -0.356 e. The number of nitro groups is 1. The smallest absolute Gasteiger partial charge is 0.356 e. The molecule has 116 valence electrons. The molecule has 2 N–H and O–H groups in total. The van der Waals surface area contributed by atoms with E-state index in [-0.39, 0.29) is 24.7 Å². The number of alkyl halides is 3. The van der Waals surface area contributed by atoms with Crippen LogP contribution in [-0.2, 0) is 6.54 Å². The number of para-hydroxylation sites is 1. The molecule has 9 heteroatoms. The molecule has 1 aromatic carbocycles. The van der Waals surface area contributed by atoms with Crippen molar-refractivity contribution in [1.29, 1.82) is 0 Å². The van der Waals surface area contributed by atoms with E-state index in [4.69, 9.17) is 0 Å². The monoisotopic (exact) mass is 304 g/mol. The van der Waals surface area contributed by atoms with Crippen LogP contribution in [0.25, 0.3) is 0 Å². The molecule has 0 heterocycles. The maximum absolute atomic E-state index is 12.0. The second-order valence-corrected chi connectivity index (χ2v) is 4.10. The van der Waals surface area contributed by atoms with Gasteiger partial charge in [-0.25, -0.2) is 0 Å². The van der Waals surface area contributed by atoms with E-state index in [0.717, 1.165) is 0 Å². The lowest BCUT2D eigenvalue weighted by Crippen LogP contribution is -2.38. The number of nitrogens with one attached hydrogen (secondary N) is 2. The van der Waals surface area contributed by atoms with Gasteiger partial charge >= 0.3 is 6.18 Å². The molecule has 0 aliphatic carbocycles. The van der Waals surface area contributed by atoms with E-state index in [0.29, 0.717) is 5.56 Å². The van der Waals surface area contributed by atoms with Crippen molar-refractivity contribution in [1.82, 2.24) is 10.6 Å². The molecule has 6 nitrogen and oxygen atoms in total. The van der Waals surface area contributed by atoms with Gasteiger partial charge in [-0.05, 0) is 0 Å². The fourth-order valence-electron chi connectivity index (χ4n) is 1.56. The number of rotatable bonds is 5. The van der Waals surface area contributed by atoms with Crippen molar-refractivity contribution in [3.63, 3.8) is 0 Å². The Morgan fingerprint density at radius 3 is 2.57 bits per heavy atom. The summed E-state index contributed by atoms with van der Waals surface area (Å²) in [4.78, 5) is 14.1. The summed E-state index contributed by atoms with van der Waals surface area (Å²) in [5, 5.41) is 16.1. The SMILES string of the molecule is CN=C(NCCC(F)(F)F)NCc1ccccc1[N+](=O)[O-]. The summed E-state index contributed by atoms with van der Waals surface area (Å²) in [5.41, 5.74) is 0.358. The van der Waals surface area contributed by atoms with E-state index in [1.165, 1.54) is 19.2 Å². The highest BCUT2D eigenvalue weighted by atomic mass is 19.4. The van der Waals surface area contributed by atoms with Gasteiger partial charge in [-0.1, -0.05) is 18.2 Å². The third kappa shape index (κ3) is 6.11. The van der Waals surface area contributed by atoms with Crippen LogP contribution >= 0.6 is 0 Å². The van der Waals surface area contributed by atoms with Gasteiger partial charge in [0.2, 0.25) is 0 Å². The first-order chi connectivity index (χ1) is 9.83. The Kier molecular flexibility index (Phi) is 5.94. The number of halogens is 3. The van der Waals surface area contributed by atoms with Crippen molar-refractivity contribution in [3.8, 4) is 0 Å². The van der Waals surface area contributed by atoms with E-state index < -0.39 is 17.5 Å². The van der Waals surface area contributed by atoms with Gasteiger partial charge in [0.25, 0.3) is 5.69 Å². The normalized spacial score (nSPS) is 12.1. The first kappa shape index (κ1) is 16.7. The van der Waals surface area contributed by atoms with Gasteiger partial charge in [-0.3, -0.25) is 15.1 Å². The molecule has 1 aromatic rings. The van der Waals surface area contributed by atoms with Crippen LogP contribution in [-0.4, -0.2) is 30.7 Å². The van der Waals surface area contributed by atoms with Gasteiger partial charge in [-0.2, -0.15) is 13.2 Å². The predicted molar refractivity (Wildman–Crippen MR) is 72.0 cm³/mol. The second kappa shape index (κ2) is 7.46. The number of nitro benzene ring substituents is 1. The van der Waals surface area contributed by atoms with Gasteiger partial charge in [0.1, 0.15) is 0 Å². The number of benzene rings is 1. The molecule has 0 spiro atoms. The van der Waals surface area contributed by atoms with E-state index >= 15 is 0 Å². The Labute approximate surface area is 119 Å². The fourth-order valence-corrected chi connectivity index (χ4v) is 1.56. The topological polar surface area (TPSA) is 79.6 Å². The fraction of sp³-hybridized carbons (Fsp3) is 0.417. The lowest BCUT2D eigenvalue weighted by atomic mass is 10.2. The zero-order valence-corrected chi connectivity index (χ0v) is 11.3. The zero-order chi connectivity index (χ0) is 15.9. The van der Waals surface area contributed by atoms with Gasteiger partial charge in [0, 0.05) is 31.8 Å². The van der Waals surface area contributed by atoms with Crippen molar-refractivity contribution >= 4 is 11.6 Å². The van der Waals surface area contributed by atoms with Gasteiger partial charge in [0.05, 0.1) is 11.3 Å². The van der Waals surface area contributed by atoms with Crippen LogP contribution in [0.4, 0.5) is 18.9 Å². The molecule has 0 radical (unpaired) electrons. The number of guanidine groups is 1. The maximum Gasteiger partial charge on any atom is 0.390 e. The summed E-state index contributed by atoms with van der Waals surface area (Å²) >= 11 is 0. The van der Waals surface area contributed by atoms with Crippen LogP contribution in [0, 0.1) is 10.1 Å². The highest BCUT2D eigenvalue weighted by molar-refractivity contribution is 5.79. The molecular formula is C12H15F3N4O2. The largest absolute Gasteiger partial charge is 0.390 e. The average molecular weight is 304 g/mol. The molecule has 1 rings (SSSR count). The highest BCUT2D eigenvalue weighted by Gasteiger charge is 2.26. The van der Waals surface area contributed by atoms with Crippen molar-refractivity contribution in [2.75, 3.05) is 13.6 Å². The van der Waals surface area contributed by atoms with E-state index in [1.807, 2.05) is 0 Å². The highest BCUT2D eigenvalue weighted by Crippen LogP contribution is 2.18. The molecule has 0 aromatic heterocycles. The minimum absolute atomic E-state index is 0.0595. The maximum atomic E-state index is 12.0. The van der Waals surface area contributed by atoms with Crippen LogP contribution in [0.3, 0.4) is 0 Å². The molecule has 0 aliphatic rings. The van der Waals surface area contributed by atoms with E-state index in [2.05, 4.69) is 15.6 Å². The standard InChI is InChI=1S/C12H15F3N4O2/c1-16-11(17-7-6-12(13,14)15)18-8-9-4-2-3-5-10(9)19(20)21/h2-5H,6-8H2,1H3,(H2,16,17,18). The molecule has 0 amide bonds. The average Bonchev–Trinajstić information content (AvgIpc) is 2.41. The van der Waals surface area contributed by atoms with Crippen molar-refractivity contribution in [3.05, 3.63) is 39.9 Å². The summed E-state index contributed by atoms with van der Waals surface area (Å²) < 4.78 is 36.1. The van der Waals surface area contributed by atoms with Gasteiger partial charge in [-0.15, -0.1) is 0 Å². The molecule has 0 aliphatic heterocycles. The van der Waals surface area contributed by atoms with Crippen LogP contribution in [0.15, 0.2) is 29.3 Å². The summed E-state index contributed by atoms with van der Waals surface area (Å²) in [5.74, 6) is 0.150. The van der Waals surface area contributed by atoms with Gasteiger partial charge in [0.15, 0.2) is 5.96 Å². The van der Waals surface area contributed by atoms with Crippen LogP contribution in [0.1, 0.15) is 12.0 Å². The number of hydrogen-bond donors (Lipinski definition) is 2. The Morgan fingerprint density at radius 2 is 2.00 bits per heavy atom.